The van der Waals surface area contributed by atoms with Crippen LogP contribution in [0.25, 0.3) is 0 Å². The Morgan fingerprint density at radius 1 is 1.26 bits per heavy atom. The molecule has 0 unspecified atom stereocenters. The number of anilines is 1. The zero-order chi connectivity index (χ0) is 13.8. The molecule has 2 N–H and O–H groups in total. The maximum absolute atomic E-state index is 11.9. The van der Waals surface area contributed by atoms with Gasteiger partial charge in [-0.3, -0.25) is 9.59 Å². The fraction of sp³-hybridized carbons (Fsp3) is 0.214. The highest BCUT2D eigenvalue weighted by Gasteiger charge is 2.08. The third kappa shape index (κ3) is 3.28. The van der Waals surface area contributed by atoms with Crippen molar-refractivity contribution in [3.8, 4) is 0 Å². The monoisotopic (exact) mass is 257 g/mol. The van der Waals surface area contributed by atoms with Crippen molar-refractivity contribution in [2.75, 3.05) is 5.32 Å². The first-order chi connectivity index (χ1) is 9.06. The minimum atomic E-state index is -0.350. The van der Waals surface area contributed by atoms with Gasteiger partial charge in [-0.1, -0.05) is 26.0 Å². The molecule has 0 saturated carbocycles. The molecule has 5 heteroatoms. The van der Waals surface area contributed by atoms with Crippen LogP contribution in [0.3, 0.4) is 0 Å². The summed E-state index contributed by atoms with van der Waals surface area (Å²) in [6, 6.07) is 10.3. The second-order valence-electron chi connectivity index (χ2n) is 4.54. The van der Waals surface area contributed by atoms with Crippen LogP contribution < -0.4 is 10.9 Å². The number of hydrogen-bond donors (Lipinski definition) is 2. The van der Waals surface area contributed by atoms with Crippen LogP contribution in [0.2, 0.25) is 0 Å². The van der Waals surface area contributed by atoms with Crippen molar-refractivity contribution in [2.24, 2.45) is 0 Å². The quantitative estimate of drug-likeness (QED) is 0.884. The van der Waals surface area contributed by atoms with Gasteiger partial charge >= 0.3 is 0 Å². The summed E-state index contributed by atoms with van der Waals surface area (Å²) in [6.45, 7) is 4.18. The molecular formula is C14H15N3O2. The number of aromatic nitrogens is 2. The Morgan fingerprint density at radius 2 is 2.05 bits per heavy atom. The molecule has 5 nitrogen and oxygen atoms in total. The van der Waals surface area contributed by atoms with Gasteiger partial charge in [0, 0.05) is 11.8 Å². The smallest absolute Gasteiger partial charge is 0.276 e. The Hall–Kier alpha value is -2.43. The van der Waals surface area contributed by atoms with Gasteiger partial charge in [-0.2, -0.15) is 5.10 Å². The number of rotatable bonds is 3. The lowest BCUT2D eigenvalue weighted by Crippen LogP contribution is -2.17. The Kier molecular flexibility index (Phi) is 3.75. The topological polar surface area (TPSA) is 74.8 Å². The van der Waals surface area contributed by atoms with E-state index < -0.39 is 0 Å². The standard InChI is InChI=1S/C14H15N3O2/c1-9(2)10-4-3-5-11(8-10)15-14(19)12-6-7-13(18)17-16-12/h3-9H,1-2H3,(H,15,19)(H,17,18). The van der Waals surface area contributed by atoms with Crippen molar-refractivity contribution in [1.82, 2.24) is 10.2 Å². The van der Waals surface area contributed by atoms with E-state index in [-0.39, 0.29) is 17.2 Å². The number of nitrogens with zero attached hydrogens (tertiary/aromatic N) is 1. The normalized spacial score (nSPS) is 10.5. The van der Waals surface area contributed by atoms with Crippen LogP contribution in [0.15, 0.2) is 41.2 Å². The molecule has 0 spiro atoms. The summed E-state index contributed by atoms with van der Waals surface area (Å²) >= 11 is 0. The number of aromatic amines is 1. The van der Waals surface area contributed by atoms with Crippen molar-refractivity contribution in [1.29, 1.82) is 0 Å². The first-order valence-electron chi connectivity index (χ1n) is 6.03. The molecule has 0 saturated heterocycles. The number of hydrogen-bond acceptors (Lipinski definition) is 3. The van der Waals surface area contributed by atoms with E-state index in [0.717, 1.165) is 5.56 Å². The first-order valence-corrected chi connectivity index (χ1v) is 6.03. The fourth-order valence-corrected chi connectivity index (χ4v) is 1.64. The van der Waals surface area contributed by atoms with Gasteiger partial charge < -0.3 is 5.32 Å². The highest BCUT2D eigenvalue weighted by molar-refractivity contribution is 6.02. The van der Waals surface area contributed by atoms with Crippen LogP contribution in [0, 0.1) is 0 Å². The summed E-state index contributed by atoms with van der Waals surface area (Å²) in [6.07, 6.45) is 0. The summed E-state index contributed by atoms with van der Waals surface area (Å²) in [7, 11) is 0. The molecule has 0 bridgehead atoms. The molecule has 1 heterocycles. The lowest BCUT2D eigenvalue weighted by Gasteiger charge is -2.09. The molecule has 0 radical (unpaired) electrons. The van der Waals surface area contributed by atoms with Crippen molar-refractivity contribution in [3.63, 3.8) is 0 Å². The van der Waals surface area contributed by atoms with Crippen LogP contribution in [0.1, 0.15) is 35.8 Å². The summed E-state index contributed by atoms with van der Waals surface area (Å²) in [5.74, 6) is 0.0419. The van der Waals surface area contributed by atoms with Gasteiger partial charge in [0.05, 0.1) is 0 Å². The molecule has 0 aliphatic carbocycles. The average molecular weight is 257 g/mol. The molecule has 0 atom stereocenters. The maximum atomic E-state index is 11.9. The van der Waals surface area contributed by atoms with Crippen LogP contribution in [0.4, 0.5) is 5.69 Å². The van der Waals surface area contributed by atoms with Gasteiger partial charge in [-0.25, -0.2) is 5.10 Å². The number of amides is 1. The van der Waals surface area contributed by atoms with Gasteiger partial charge in [0.15, 0.2) is 0 Å². The van der Waals surface area contributed by atoms with Crippen LogP contribution in [-0.4, -0.2) is 16.1 Å². The SMILES string of the molecule is CC(C)c1cccc(NC(=O)c2ccc(=O)[nH]n2)c1. The van der Waals surface area contributed by atoms with Gasteiger partial charge in [-0.15, -0.1) is 0 Å². The fourth-order valence-electron chi connectivity index (χ4n) is 1.64. The van der Waals surface area contributed by atoms with Crippen molar-refractivity contribution in [2.45, 2.75) is 19.8 Å². The van der Waals surface area contributed by atoms with E-state index in [1.54, 1.807) is 0 Å². The zero-order valence-corrected chi connectivity index (χ0v) is 10.8. The van der Waals surface area contributed by atoms with Gasteiger partial charge in [0.25, 0.3) is 11.5 Å². The van der Waals surface area contributed by atoms with E-state index in [1.807, 2.05) is 24.3 Å². The van der Waals surface area contributed by atoms with Gasteiger partial charge in [0.2, 0.25) is 0 Å². The van der Waals surface area contributed by atoms with Crippen LogP contribution in [0.5, 0.6) is 0 Å². The molecule has 1 aromatic carbocycles. The van der Waals surface area contributed by atoms with E-state index in [4.69, 9.17) is 0 Å². The average Bonchev–Trinajstić information content (AvgIpc) is 2.39. The van der Waals surface area contributed by atoms with E-state index in [2.05, 4.69) is 29.4 Å². The summed E-state index contributed by atoms with van der Waals surface area (Å²) in [5.41, 5.74) is 1.70. The molecule has 0 aliphatic heterocycles. The second kappa shape index (κ2) is 5.48. The lowest BCUT2D eigenvalue weighted by molar-refractivity contribution is 0.102. The second-order valence-corrected chi connectivity index (χ2v) is 4.54. The third-order valence-corrected chi connectivity index (χ3v) is 2.72. The van der Waals surface area contributed by atoms with E-state index in [0.29, 0.717) is 11.6 Å². The summed E-state index contributed by atoms with van der Waals surface area (Å²) in [5, 5.41) is 8.66. The molecule has 2 rings (SSSR count). The summed E-state index contributed by atoms with van der Waals surface area (Å²) < 4.78 is 0. The Morgan fingerprint density at radius 3 is 2.68 bits per heavy atom. The number of carbonyl (C=O) groups is 1. The number of benzene rings is 1. The van der Waals surface area contributed by atoms with Crippen molar-refractivity contribution >= 4 is 11.6 Å². The molecule has 98 valence electrons. The Labute approximate surface area is 110 Å². The molecule has 2 aromatic rings. The minimum absolute atomic E-state index is 0.176. The van der Waals surface area contributed by atoms with Crippen molar-refractivity contribution < 1.29 is 4.79 Å². The van der Waals surface area contributed by atoms with Gasteiger partial charge in [0.1, 0.15) is 5.69 Å². The molecule has 0 aliphatic rings. The van der Waals surface area contributed by atoms with Gasteiger partial charge in [-0.05, 0) is 29.7 Å². The number of carbonyl (C=O) groups excluding carboxylic acids is 1. The van der Waals surface area contributed by atoms with E-state index >= 15 is 0 Å². The Bertz CT molecular complexity index is 627. The highest BCUT2D eigenvalue weighted by atomic mass is 16.2. The van der Waals surface area contributed by atoms with E-state index in [1.165, 1.54) is 12.1 Å². The number of H-pyrrole nitrogens is 1. The molecular weight excluding hydrogens is 242 g/mol. The predicted octanol–water partition coefficient (Wildman–Crippen LogP) is 2.15. The van der Waals surface area contributed by atoms with Crippen molar-refractivity contribution in [3.05, 3.63) is 58.0 Å². The van der Waals surface area contributed by atoms with E-state index in [9.17, 15) is 9.59 Å². The third-order valence-electron chi connectivity index (χ3n) is 2.72. The molecule has 0 fully saturated rings. The maximum Gasteiger partial charge on any atom is 0.276 e. The highest BCUT2D eigenvalue weighted by Crippen LogP contribution is 2.18. The lowest BCUT2D eigenvalue weighted by atomic mass is 10.0. The Balaban J connectivity index is 2.17. The molecule has 1 amide bonds. The molecule has 1 aromatic heterocycles. The predicted molar refractivity (Wildman–Crippen MR) is 73.3 cm³/mol. The van der Waals surface area contributed by atoms with Crippen LogP contribution >= 0.6 is 0 Å². The minimum Gasteiger partial charge on any atom is -0.321 e. The molecule has 19 heavy (non-hydrogen) atoms. The largest absolute Gasteiger partial charge is 0.321 e. The first kappa shape index (κ1) is 13.0. The zero-order valence-electron chi connectivity index (χ0n) is 10.8. The number of nitrogens with one attached hydrogen (secondary N) is 2. The summed E-state index contributed by atoms with van der Waals surface area (Å²) in [4.78, 5) is 22.8. The van der Waals surface area contributed by atoms with Crippen LogP contribution in [-0.2, 0) is 0 Å².